The first-order chi connectivity index (χ1) is 16.6. The molecular weight excluding hydrogens is 470 g/mol. The van der Waals surface area contributed by atoms with Crippen LogP contribution in [0.1, 0.15) is 45.9 Å². The van der Waals surface area contributed by atoms with E-state index in [0.717, 1.165) is 4.57 Å². The molecule has 2 rings (SSSR count). The van der Waals surface area contributed by atoms with Crippen molar-refractivity contribution in [1.29, 1.82) is 0 Å². The van der Waals surface area contributed by atoms with Crippen LogP contribution in [0.2, 0.25) is 0 Å². The molecule has 1 amide bonds. The highest BCUT2D eigenvalue weighted by Crippen LogP contribution is 2.20. The van der Waals surface area contributed by atoms with Gasteiger partial charge in [-0.25, -0.2) is 14.4 Å². The van der Waals surface area contributed by atoms with Crippen LogP contribution in [0, 0.1) is 6.92 Å². The summed E-state index contributed by atoms with van der Waals surface area (Å²) in [7, 11) is 3.00. The Hall–Kier alpha value is -3.89. The number of nitrogens with one attached hydrogen (secondary N) is 1. The summed E-state index contributed by atoms with van der Waals surface area (Å²) >= 11 is 0. The van der Waals surface area contributed by atoms with Crippen LogP contribution in [0.5, 0.6) is 0 Å². The van der Waals surface area contributed by atoms with E-state index in [1.165, 1.54) is 25.5 Å². The van der Waals surface area contributed by atoms with Crippen molar-refractivity contribution in [1.82, 2.24) is 14.5 Å². The van der Waals surface area contributed by atoms with Gasteiger partial charge in [0, 0.05) is 40.1 Å². The minimum atomic E-state index is -1.15. The maximum absolute atomic E-state index is 12.8. The minimum absolute atomic E-state index is 0.0371. The van der Waals surface area contributed by atoms with Crippen molar-refractivity contribution in [3.63, 3.8) is 0 Å². The van der Waals surface area contributed by atoms with Gasteiger partial charge in [-0.15, -0.1) is 0 Å². The highest BCUT2D eigenvalue weighted by Gasteiger charge is 2.28. The summed E-state index contributed by atoms with van der Waals surface area (Å²) in [5.41, 5.74) is 0.510. The first-order valence-electron chi connectivity index (χ1n) is 11.3. The Morgan fingerprint density at radius 2 is 1.58 bits per heavy atom. The molecule has 1 aromatic carbocycles. The van der Waals surface area contributed by atoms with Gasteiger partial charge in [0.15, 0.2) is 0 Å². The topological polar surface area (TPSA) is 135 Å². The van der Waals surface area contributed by atoms with Gasteiger partial charge in [-0.3, -0.25) is 14.2 Å². The lowest BCUT2D eigenvalue weighted by atomic mass is 10.0. The molecule has 0 aliphatic rings. The molecular formula is C25H33N3O8. The van der Waals surface area contributed by atoms with Crippen molar-refractivity contribution in [3.05, 3.63) is 56.4 Å². The lowest BCUT2D eigenvalue weighted by Gasteiger charge is -2.24. The van der Waals surface area contributed by atoms with E-state index in [9.17, 15) is 24.0 Å². The number of nitrogens with zero attached hydrogens (tertiary/aromatic N) is 2. The molecule has 0 fully saturated rings. The largest absolute Gasteiger partial charge is 0.444 e. The number of esters is 2. The number of aromatic nitrogens is 2. The van der Waals surface area contributed by atoms with Gasteiger partial charge in [-0.2, -0.15) is 0 Å². The normalized spacial score (nSPS) is 12.9. The molecule has 0 bridgehead atoms. The summed E-state index contributed by atoms with van der Waals surface area (Å²) in [5.74, 6) is -1.44. The summed E-state index contributed by atoms with van der Waals surface area (Å²) in [5, 5.41) is 2.50. The SMILES string of the molecule is CC(=O)OC(C)OC(=O)C(Cc1ccc(-c2c(C)n(C)c(=O)n(C)c2=O)cc1)NC(=O)OC(C)(C)C. The van der Waals surface area contributed by atoms with Crippen LogP contribution < -0.4 is 16.6 Å². The predicted molar refractivity (Wildman–Crippen MR) is 131 cm³/mol. The smallest absolute Gasteiger partial charge is 0.408 e. The summed E-state index contributed by atoms with van der Waals surface area (Å²) in [4.78, 5) is 61.1. The Morgan fingerprint density at radius 3 is 2.11 bits per heavy atom. The Kier molecular flexibility index (Phi) is 8.84. The number of ether oxygens (including phenoxy) is 3. The van der Waals surface area contributed by atoms with Crippen molar-refractivity contribution in [3.8, 4) is 11.1 Å². The molecule has 1 heterocycles. The number of hydrogen-bond donors (Lipinski definition) is 1. The highest BCUT2D eigenvalue weighted by molar-refractivity contribution is 5.82. The molecule has 36 heavy (non-hydrogen) atoms. The van der Waals surface area contributed by atoms with Gasteiger partial charge in [0.1, 0.15) is 11.6 Å². The Balaban J connectivity index is 2.32. The van der Waals surface area contributed by atoms with Crippen molar-refractivity contribution < 1.29 is 28.6 Å². The number of carbonyl (C=O) groups excluding carboxylic acids is 3. The maximum atomic E-state index is 12.8. The number of rotatable bonds is 7. The van der Waals surface area contributed by atoms with E-state index in [1.807, 2.05) is 0 Å². The molecule has 0 radical (unpaired) electrons. The third kappa shape index (κ3) is 7.30. The number of hydrogen-bond acceptors (Lipinski definition) is 8. The fourth-order valence-corrected chi connectivity index (χ4v) is 3.47. The molecule has 0 spiro atoms. The molecule has 11 heteroatoms. The van der Waals surface area contributed by atoms with E-state index in [1.54, 1.807) is 59.0 Å². The van der Waals surface area contributed by atoms with E-state index >= 15 is 0 Å². The van der Waals surface area contributed by atoms with E-state index in [2.05, 4.69) is 5.32 Å². The van der Waals surface area contributed by atoms with Gasteiger partial charge in [0.2, 0.25) is 6.29 Å². The molecule has 1 aromatic heterocycles. The second-order valence-electron chi connectivity index (χ2n) is 9.38. The quantitative estimate of drug-likeness (QED) is 0.447. The van der Waals surface area contributed by atoms with Gasteiger partial charge in [-0.1, -0.05) is 24.3 Å². The number of amides is 1. The lowest BCUT2D eigenvalue weighted by Crippen LogP contribution is -2.46. The van der Waals surface area contributed by atoms with Crippen molar-refractivity contribution in [2.24, 2.45) is 14.1 Å². The van der Waals surface area contributed by atoms with Gasteiger partial charge in [0.25, 0.3) is 5.56 Å². The van der Waals surface area contributed by atoms with Crippen LogP contribution in [-0.4, -0.2) is 45.1 Å². The van der Waals surface area contributed by atoms with Crippen molar-refractivity contribution in [2.75, 3.05) is 0 Å². The maximum Gasteiger partial charge on any atom is 0.408 e. The van der Waals surface area contributed by atoms with Crippen LogP contribution in [0.4, 0.5) is 4.79 Å². The molecule has 0 saturated carbocycles. The predicted octanol–water partition coefficient (Wildman–Crippen LogP) is 1.95. The van der Waals surface area contributed by atoms with Gasteiger partial charge in [0.05, 0.1) is 5.56 Å². The Morgan fingerprint density at radius 1 is 1.00 bits per heavy atom. The molecule has 11 nitrogen and oxygen atoms in total. The summed E-state index contributed by atoms with van der Waals surface area (Å²) < 4.78 is 17.7. The molecule has 0 saturated heterocycles. The molecule has 0 aliphatic carbocycles. The monoisotopic (exact) mass is 503 g/mol. The van der Waals surface area contributed by atoms with Gasteiger partial charge >= 0.3 is 23.7 Å². The Labute approximate surface area is 209 Å². The fourth-order valence-electron chi connectivity index (χ4n) is 3.47. The second-order valence-corrected chi connectivity index (χ2v) is 9.38. The summed E-state index contributed by atoms with van der Waals surface area (Å²) in [6.07, 6.45) is -1.93. The average molecular weight is 504 g/mol. The van der Waals surface area contributed by atoms with Crippen molar-refractivity contribution >= 4 is 18.0 Å². The first-order valence-corrected chi connectivity index (χ1v) is 11.3. The minimum Gasteiger partial charge on any atom is -0.444 e. The third-order valence-electron chi connectivity index (χ3n) is 5.23. The number of alkyl carbamates (subject to hydrolysis) is 1. The van der Waals surface area contributed by atoms with Gasteiger partial charge < -0.3 is 24.1 Å². The fraction of sp³-hybridized carbons (Fsp3) is 0.480. The zero-order valence-corrected chi connectivity index (χ0v) is 21.8. The van der Waals surface area contributed by atoms with Crippen LogP contribution in [0.25, 0.3) is 11.1 Å². The van der Waals surface area contributed by atoms with Crippen LogP contribution >= 0.6 is 0 Å². The van der Waals surface area contributed by atoms with E-state index in [-0.39, 0.29) is 6.42 Å². The average Bonchev–Trinajstić information content (AvgIpc) is 2.75. The number of benzene rings is 1. The molecule has 196 valence electrons. The zero-order valence-electron chi connectivity index (χ0n) is 21.8. The molecule has 1 N–H and O–H groups in total. The lowest BCUT2D eigenvalue weighted by molar-refractivity contribution is -0.184. The highest BCUT2D eigenvalue weighted by atomic mass is 16.7. The van der Waals surface area contributed by atoms with Crippen molar-refractivity contribution in [2.45, 2.75) is 65.9 Å². The second kappa shape index (κ2) is 11.2. The van der Waals surface area contributed by atoms with E-state index in [0.29, 0.717) is 22.4 Å². The molecule has 2 atom stereocenters. The van der Waals surface area contributed by atoms with Crippen LogP contribution in [-0.2, 0) is 44.3 Å². The van der Waals surface area contributed by atoms with Gasteiger partial charge in [-0.05, 0) is 38.8 Å². The Bertz CT molecular complexity index is 1250. The number of carbonyl (C=O) groups is 3. The van der Waals surface area contributed by atoms with E-state index < -0.39 is 47.2 Å². The molecule has 2 unspecified atom stereocenters. The van der Waals surface area contributed by atoms with Crippen LogP contribution in [0.15, 0.2) is 33.9 Å². The third-order valence-corrected chi connectivity index (χ3v) is 5.23. The zero-order chi connectivity index (χ0) is 27.4. The van der Waals surface area contributed by atoms with E-state index in [4.69, 9.17) is 14.2 Å². The summed E-state index contributed by atoms with van der Waals surface area (Å²) in [6, 6.07) is 5.65. The molecule has 2 aromatic rings. The van der Waals surface area contributed by atoms with Crippen LogP contribution in [0.3, 0.4) is 0 Å². The first kappa shape index (κ1) is 28.3. The summed E-state index contributed by atoms with van der Waals surface area (Å²) in [6.45, 7) is 9.32. The molecule has 0 aliphatic heterocycles. The standard InChI is InChI=1S/C25H33N3O8/c1-14-20(21(30)28(8)24(33)27(14)7)18-11-9-17(10-12-18)13-19(26-23(32)36-25(4,5)6)22(31)35-16(3)34-15(2)29/h9-12,16,19H,13H2,1-8H3,(H,26,32).